The Balaban J connectivity index is 1.92. The molecular formula is C13H26N2S. The third-order valence-electron chi connectivity index (χ3n) is 4.03. The molecule has 2 saturated heterocycles. The van der Waals surface area contributed by atoms with E-state index in [0.29, 0.717) is 5.54 Å². The zero-order chi connectivity index (χ0) is 11.6. The molecule has 1 N–H and O–H groups in total. The van der Waals surface area contributed by atoms with Crippen molar-refractivity contribution in [2.75, 3.05) is 26.2 Å². The SMILES string of the molecule is CCC1(CN2CC(C)SC(C)C2)CCCN1. The van der Waals surface area contributed by atoms with Gasteiger partial charge in [-0.3, -0.25) is 4.90 Å². The molecule has 2 aliphatic heterocycles. The zero-order valence-corrected chi connectivity index (χ0v) is 11.8. The lowest BCUT2D eigenvalue weighted by Crippen LogP contribution is -2.53. The van der Waals surface area contributed by atoms with Gasteiger partial charge in [0.15, 0.2) is 0 Å². The smallest absolute Gasteiger partial charge is 0.0306 e. The maximum atomic E-state index is 3.75. The van der Waals surface area contributed by atoms with Crippen molar-refractivity contribution in [2.24, 2.45) is 0 Å². The Kier molecular flexibility index (Phi) is 4.20. The standard InChI is InChI=1S/C13H26N2S/c1-4-13(6-5-7-14-13)10-15-8-11(2)16-12(3)9-15/h11-12,14H,4-10H2,1-3H3. The van der Waals surface area contributed by atoms with Gasteiger partial charge in [-0.15, -0.1) is 0 Å². The van der Waals surface area contributed by atoms with E-state index in [9.17, 15) is 0 Å². The minimum atomic E-state index is 0.432. The van der Waals surface area contributed by atoms with E-state index in [1.54, 1.807) is 0 Å². The Bertz CT molecular complexity index is 216. The van der Waals surface area contributed by atoms with E-state index >= 15 is 0 Å². The Hall–Kier alpha value is 0.270. The van der Waals surface area contributed by atoms with Crippen LogP contribution in [0.15, 0.2) is 0 Å². The second kappa shape index (κ2) is 5.28. The first kappa shape index (κ1) is 12.7. The maximum absolute atomic E-state index is 3.75. The third kappa shape index (κ3) is 2.93. The monoisotopic (exact) mass is 242 g/mol. The van der Waals surface area contributed by atoms with E-state index in [-0.39, 0.29) is 0 Å². The van der Waals surface area contributed by atoms with E-state index in [1.807, 2.05) is 0 Å². The van der Waals surface area contributed by atoms with Crippen molar-refractivity contribution in [2.45, 2.75) is 56.1 Å². The lowest BCUT2D eigenvalue weighted by atomic mass is 9.93. The summed E-state index contributed by atoms with van der Waals surface area (Å²) in [4.78, 5) is 2.69. The molecule has 3 unspecified atom stereocenters. The van der Waals surface area contributed by atoms with Gasteiger partial charge in [0.2, 0.25) is 0 Å². The van der Waals surface area contributed by atoms with Crippen LogP contribution >= 0.6 is 11.8 Å². The van der Waals surface area contributed by atoms with Crippen molar-refractivity contribution in [3.05, 3.63) is 0 Å². The molecule has 2 rings (SSSR count). The van der Waals surface area contributed by atoms with Crippen molar-refractivity contribution in [1.29, 1.82) is 0 Å². The molecule has 2 nitrogen and oxygen atoms in total. The molecule has 0 spiro atoms. The van der Waals surface area contributed by atoms with Gasteiger partial charge in [-0.05, 0) is 25.8 Å². The fourth-order valence-corrected chi connectivity index (χ4v) is 4.65. The van der Waals surface area contributed by atoms with Crippen LogP contribution in [0.3, 0.4) is 0 Å². The number of nitrogens with one attached hydrogen (secondary N) is 1. The van der Waals surface area contributed by atoms with Crippen molar-refractivity contribution in [3.8, 4) is 0 Å². The zero-order valence-electron chi connectivity index (χ0n) is 11.0. The lowest BCUT2D eigenvalue weighted by Gasteiger charge is -2.40. The number of hydrogen-bond donors (Lipinski definition) is 1. The maximum Gasteiger partial charge on any atom is 0.0306 e. The molecule has 0 amide bonds. The summed E-state index contributed by atoms with van der Waals surface area (Å²) in [6, 6.07) is 0. The van der Waals surface area contributed by atoms with Gasteiger partial charge in [-0.1, -0.05) is 20.8 Å². The van der Waals surface area contributed by atoms with Gasteiger partial charge in [-0.25, -0.2) is 0 Å². The molecule has 3 heteroatoms. The van der Waals surface area contributed by atoms with Gasteiger partial charge >= 0.3 is 0 Å². The van der Waals surface area contributed by atoms with Crippen molar-refractivity contribution in [3.63, 3.8) is 0 Å². The summed E-state index contributed by atoms with van der Waals surface area (Å²) in [5.74, 6) is 0. The van der Waals surface area contributed by atoms with Crippen LogP contribution in [-0.2, 0) is 0 Å². The van der Waals surface area contributed by atoms with Crippen LogP contribution in [0.5, 0.6) is 0 Å². The van der Waals surface area contributed by atoms with Gasteiger partial charge in [0, 0.05) is 35.7 Å². The molecule has 0 radical (unpaired) electrons. The average molecular weight is 242 g/mol. The van der Waals surface area contributed by atoms with Gasteiger partial charge in [0.1, 0.15) is 0 Å². The third-order valence-corrected chi connectivity index (χ3v) is 5.26. The topological polar surface area (TPSA) is 15.3 Å². The van der Waals surface area contributed by atoms with Crippen LogP contribution in [-0.4, -0.2) is 47.1 Å². The Morgan fingerprint density at radius 2 is 2.00 bits per heavy atom. The first-order valence-corrected chi connectivity index (χ1v) is 7.71. The van der Waals surface area contributed by atoms with Crippen LogP contribution in [0.4, 0.5) is 0 Å². The first-order chi connectivity index (χ1) is 7.63. The first-order valence-electron chi connectivity index (χ1n) is 6.76. The van der Waals surface area contributed by atoms with E-state index in [2.05, 4.69) is 42.7 Å². The van der Waals surface area contributed by atoms with Crippen molar-refractivity contribution in [1.82, 2.24) is 10.2 Å². The van der Waals surface area contributed by atoms with Crippen LogP contribution in [0.25, 0.3) is 0 Å². The summed E-state index contributed by atoms with van der Waals surface area (Å²) in [6.07, 6.45) is 4.01. The van der Waals surface area contributed by atoms with Crippen LogP contribution in [0.1, 0.15) is 40.0 Å². The normalized spacial score (nSPS) is 41.4. The average Bonchev–Trinajstić information content (AvgIpc) is 2.65. The molecule has 0 aliphatic carbocycles. The highest BCUT2D eigenvalue weighted by atomic mass is 32.2. The number of nitrogens with zero attached hydrogens (tertiary/aromatic N) is 1. The highest BCUT2D eigenvalue weighted by Gasteiger charge is 2.35. The molecule has 0 aromatic rings. The fraction of sp³-hybridized carbons (Fsp3) is 1.00. The summed E-state index contributed by atoms with van der Waals surface area (Å²) >= 11 is 2.15. The molecule has 0 saturated carbocycles. The molecule has 0 aromatic heterocycles. The number of rotatable bonds is 3. The van der Waals surface area contributed by atoms with E-state index in [0.717, 1.165) is 10.5 Å². The summed E-state index contributed by atoms with van der Waals surface area (Å²) < 4.78 is 0. The van der Waals surface area contributed by atoms with Gasteiger partial charge in [0.25, 0.3) is 0 Å². The van der Waals surface area contributed by atoms with Crippen LogP contribution in [0, 0.1) is 0 Å². The molecular weight excluding hydrogens is 216 g/mol. The molecule has 2 heterocycles. The Morgan fingerprint density at radius 1 is 1.31 bits per heavy atom. The summed E-state index contributed by atoms with van der Waals surface area (Å²) in [6.45, 7) is 12.1. The highest BCUT2D eigenvalue weighted by molar-refractivity contribution is 8.00. The molecule has 2 aliphatic rings. The van der Waals surface area contributed by atoms with E-state index in [4.69, 9.17) is 0 Å². The lowest BCUT2D eigenvalue weighted by molar-refractivity contribution is 0.186. The minimum absolute atomic E-state index is 0.432. The second-order valence-corrected chi connectivity index (χ2v) is 7.50. The fourth-order valence-electron chi connectivity index (χ4n) is 3.26. The van der Waals surface area contributed by atoms with Crippen molar-refractivity contribution < 1.29 is 0 Å². The molecule has 94 valence electrons. The second-order valence-electron chi connectivity index (χ2n) is 5.62. The Morgan fingerprint density at radius 3 is 2.50 bits per heavy atom. The predicted octanol–water partition coefficient (Wildman–Crippen LogP) is 2.34. The number of hydrogen-bond acceptors (Lipinski definition) is 3. The largest absolute Gasteiger partial charge is 0.310 e. The van der Waals surface area contributed by atoms with Gasteiger partial charge in [0.05, 0.1) is 0 Å². The van der Waals surface area contributed by atoms with Gasteiger partial charge < -0.3 is 5.32 Å². The highest BCUT2D eigenvalue weighted by Crippen LogP contribution is 2.29. The predicted molar refractivity (Wildman–Crippen MR) is 73.2 cm³/mol. The van der Waals surface area contributed by atoms with Gasteiger partial charge in [-0.2, -0.15) is 11.8 Å². The Labute approximate surface area is 105 Å². The minimum Gasteiger partial charge on any atom is -0.310 e. The molecule has 0 aromatic carbocycles. The molecule has 3 atom stereocenters. The van der Waals surface area contributed by atoms with Crippen LogP contribution in [0.2, 0.25) is 0 Å². The molecule has 2 fully saturated rings. The molecule has 0 bridgehead atoms. The van der Waals surface area contributed by atoms with E-state index in [1.165, 1.54) is 45.4 Å². The van der Waals surface area contributed by atoms with Crippen LogP contribution < -0.4 is 5.32 Å². The summed E-state index contributed by atoms with van der Waals surface area (Å²) in [7, 11) is 0. The molecule has 16 heavy (non-hydrogen) atoms. The van der Waals surface area contributed by atoms with Crippen molar-refractivity contribution >= 4 is 11.8 Å². The summed E-state index contributed by atoms with van der Waals surface area (Å²) in [5, 5.41) is 5.36. The summed E-state index contributed by atoms with van der Waals surface area (Å²) in [5.41, 5.74) is 0.432. The number of thioether (sulfide) groups is 1. The quantitative estimate of drug-likeness (QED) is 0.818. The van der Waals surface area contributed by atoms with E-state index < -0.39 is 0 Å².